The minimum atomic E-state index is 0.563. The minimum Gasteiger partial charge on any atom is -0.397 e. The van der Waals surface area contributed by atoms with Gasteiger partial charge in [0, 0.05) is 18.1 Å². The molecule has 15 heavy (non-hydrogen) atoms. The van der Waals surface area contributed by atoms with Gasteiger partial charge in [0.1, 0.15) is 0 Å². The van der Waals surface area contributed by atoms with E-state index in [-0.39, 0.29) is 0 Å². The zero-order chi connectivity index (χ0) is 11.0. The predicted molar refractivity (Wildman–Crippen MR) is 66.5 cm³/mol. The van der Waals surface area contributed by atoms with Crippen LogP contribution in [0.2, 0.25) is 5.02 Å². The van der Waals surface area contributed by atoms with Gasteiger partial charge in [-0.25, -0.2) is 0 Å². The molecule has 0 saturated heterocycles. The average Bonchev–Trinajstić information content (AvgIpc) is 2.99. The molecule has 0 aromatic heterocycles. The molecule has 2 nitrogen and oxygen atoms in total. The van der Waals surface area contributed by atoms with Crippen LogP contribution in [0.1, 0.15) is 19.8 Å². The van der Waals surface area contributed by atoms with Crippen molar-refractivity contribution in [3.63, 3.8) is 0 Å². The van der Waals surface area contributed by atoms with Crippen molar-refractivity contribution in [2.24, 2.45) is 5.92 Å². The fraction of sp³-hybridized carbons (Fsp3) is 0.500. The number of nitrogens with two attached hydrogens (primary N) is 1. The van der Waals surface area contributed by atoms with Crippen molar-refractivity contribution in [1.29, 1.82) is 0 Å². The van der Waals surface area contributed by atoms with Crippen molar-refractivity contribution in [2.45, 2.75) is 25.8 Å². The maximum atomic E-state index is 5.95. The van der Waals surface area contributed by atoms with Crippen LogP contribution < -0.4 is 10.6 Å². The third-order valence-electron chi connectivity index (χ3n) is 3.28. The number of nitrogens with zero attached hydrogens (tertiary/aromatic N) is 1. The lowest BCUT2D eigenvalue weighted by molar-refractivity contribution is 0.610. The number of nitrogen functional groups attached to an aromatic ring is 1. The molecule has 0 aliphatic heterocycles. The second-order valence-corrected chi connectivity index (χ2v) is 4.83. The summed E-state index contributed by atoms with van der Waals surface area (Å²) in [5, 5.41) is 0.698. The molecule has 2 N–H and O–H groups in total. The Labute approximate surface area is 96.0 Å². The van der Waals surface area contributed by atoms with E-state index >= 15 is 0 Å². The molecule has 82 valence electrons. The zero-order valence-electron chi connectivity index (χ0n) is 9.20. The van der Waals surface area contributed by atoms with E-state index in [0.717, 1.165) is 17.3 Å². The summed E-state index contributed by atoms with van der Waals surface area (Å²) in [6.07, 6.45) is 2.69. The number of hydrogen-bond acceptors (Lipinski definition) is 2. The summed E-state index contributed by atoms with van der Waals surface area (Å²) in [6.45, 7) is 2.26. The molecular weight excluding hydrogens is 208 g/mol. The smallest absolute Gasteiger partial charge is 0.0600 e. The summed E-state index contributed by atoms with van der Waals surface area (Å²) < 4.78 is 0. The topological polar surface area (TPSA) is 29.3 Å². The largest absolute Gasteiger partial charge is 0.397 e. The molecule has 1 aliphatic carbocycles. The number of rotatable bonds is 3. The molecular formula is C12H17ClN2. The van der Waals surface area contributed by atoms with Crippen LogP contribution in [0.3, 0.4) is 0 Å². The van der Waals surface area contributed by atoms with E-state index in [2.05, 4.69) is 18.9 Å². The van der Waals surface area contributed by atoms with Gasteiger partial charge in [0.15, 0.2) is 0 Å². The lowest BCUT2D eigenvalue weighted by Crippen LogP contribution is -2.31. The minimum absolute atomic E-state index is 0.563. The molecule has 2 rings (SSSR count). The van der Waals surface area contributed by atoms with Gasteiger partial charge in [0.25, 0.3) is 0 Å². The van der Waals surface area contributed by atoms with Gasteiger partial charge < -0.3 is 10.6 Å². The normalized spacial score (nSPS) is 17.5. The van der Waals surface area contributed by atoms with E-state index in [4.69, 9.17) is 17.3 Å². The molecule has 1 atom stereocenters. The highest BCUT2D eigenvalue weighted by Crippen LogP contribution is 2.37. The summed E-state index contributed by atoms with van der Waals surface area (Å²) in [4.78, 5) is 2.25. The molecule has 0 bridgehead atoms. The summed E-state index contributed by atoms with van der Waals surface area (Å²) in [6, 6.07) is 6.26. The molecule has 0 amide bonds. The number of hydrogen-bond donors (Lipinski definition) is 1. The van der Waals surface area contributed by atoms with Gasteiger partial charge >= 0.3 is 0 Å². The number of halogens is 1. The van der Waals surface area contributed by atoms with Gasteiger partial charge in [-0.3, -0.25) is 0 Å². The van der Waals surface area contributed by atoms with E-state index in [1.165, 1.54) is 12.8 Å². The summed E-state index contributed by atoms with van der Waals surface area (Å²) in [5.74, 6) is 0.838. The first-order chi connectivity index (χ1) is 7.09. The van der Waals surface area contributed by atoms with Crippen molar-refractivity contribution in [3.05, 3.63) is 23.2 Å². The molecule has 1 saturated carbocycles. The van der Waals surface area contributed by atoms with Crippen LogP contribution in [-0.4, -0.2) is 13.1 Å². The van der Waals surface area contributed by atoms with Gasteiger partial charge in [-0.2, -0.15) is 0 Å². The van der Waals surface area contributed by atoms with Crippen LogP contribution in [0, 0.1) is 5.92 Å². The van der Waals surface area contributed by atoms with Crippen molar-refractivity contribution < 1.29 is 0 Å². The lowest BCUT2D eigenvalue weighted by atomic mass is 10.1. The van der Waals surface area contributed by atoms with Gasteiger partial charge in [-0.1, -0.05) is 11.6 Å². The quantitative estimate of drug-likeness (QED) is 0.800. The Kier molecular flexibility index (Phi) is 2.79. The first-order valence-corrected chi connectivity index (χ1v) is 5.75. The SMILES string of the molecule is CC(C1CC1)N(C)c1ccc(Cl)cc1N. The van der Waals surface area contributed by atoms with Crippen LogP contribution in [-0.2, 0) is 0 Å². The number of benzene rings is 1. The highest BCUT2D eigenvalue weighted by Gasteiger charge is 2.31. The second kappa shape index (κ2) is 3.93. The molecule has 1 aliphatic rings. The molecule has 1 fully saturated rings. The Morgan fingerprint density at radius 3 is 2.67 bits per heavy atom. The van der Waals surface area contributed by atoms with Gasteiger partial charge in [-0.05, 0) is 43.9 Å². The van der Waals surface area contributed by atoms with Crippen LogP contribution in [0.5, 0.6) is 0 Å². The van der Waals surface area contributed by atoms with Crippen molar-refractivity contribution >= 4 is 23.0 Å². The fourth-order valence-electron chi connectivity index (χ4n) is 1.96. The predicted octanol–water partition coefficient (Wildman–Crippen LogP) is 3.16. The van der Waals surface area contributed by atoms with E-state index in [1.54, 1.807) is 0 Å². The van der Waals surface area contributed by atoms with Crippen LogP contribution in [0.25, 0.3) is 0 Å². The zero-order valence-corrected chi connectivity index (χ0v) is 9.96. The Balaban J connectivity index is 2.20. The van der Waals surface area contributed by atoms with Gasteiger partial charge in [0.2, 0.25) is 0 Å². The monoisotopic (exact) mass is 224 g/mol. The van der Waals surface area contributed by atoms with Crippen LogP contribution >= 0.6 is 11.6 Å². The van der Waals surface area contributed by atoms with Crippen LogP contribution in [0.15, 0.2) is 18.2 Å². The lowest BCUT2D eigenvalue weighted by Gasteiger charge is -2.28. The summed E-state index contributed by atoms with van der Waals surface area (Å²) in [7, 11) is 2.10. The first kappa shape index (κ1) is 10.6. The third-order valence-corrected chi connectivity index (χ3v) is 3.52. The Morgan fingerprint density at radius 1 is 1.47 bits per heavy atom. The van der Waals surface area contributed by atoms with Crippen molar-refractivity contribution in [3.8, 4) is 0 Å². The van der Waals surface area contributed by atoms with E-state index in [0.29, 0.717) is 11.1 Å². The fourth-order valence-corrected chi connectivity index (χ4v) is 2.14. The van der Waals surface area contributed by atoms with Gasteiger partial charge in [-0.15, -0.1) is 0 Å². The van der Waals surface area contributed by atoms with Crippen molar-refractivity contribution in [1.82, 2.24) is 0 Å². The maximum Gasteiger partial charge on any atom is 0.0600 e. The molecule has 1 aromatic rings. The molecule has 0 spiro atoms. The Bertz CT molecular complexity index is 361. The highest BCUT2D eigenvalue weighted by atomic mass is 35.5. The molecule has 1 aromatic carbocycles. The second-order valence-electron chi connectivity index (χ2n) is 4.39. The van der Waals surface area contributed by atoms with E-state index < -0.39 is 0 Å². The Morgan fingerprint density at radius 2 is 2.13 bits per heavy atom. The van der Waals surface area contributed by atoms with Crippen LogP contribution in [0.4, 0.5) is 11.4 Å². The van der Waals surface area contributed by atoms with Gasteiger partial charge in [0.05, 0.1) is 11.4 Å². The average molecular weight is 225 g/mol. The number of anilines is 2. The van der Waals surface area contributed by atoms with E-state index in [9.17, 15) is 0 Å². The summed E-state index contributed by atoms with van der Waals surface area (Å²) in [5.41, 5.74) is 7.80. The van der Waals surface area contributed by atoms with Crippen molar-refractivity contribution in [2.75, 3.05) is 17.7 Å². The maximum absolute atomic E-state index is 5.95. The third kappa shape index (κ3) is 2.20. The summed E-state index contributed by atoms with van der Waals surface area (Å²) >= 11 is 5.88. The molecule has 1 unspecified atom stereocenters. The standard InChI is InChI=1S/C12H17ClN2/c1-8(9-3-4-9)15(2)12-6-5-10(13)7-11(12)14/h5-9H,3-4,14H2,1-2H3. The highest BCUT2D eigenvalue weighted by molar-refractivity contribution is 6.31. The molecule has 3 heteroatoms. The van der Waals surface area contributed by atoms with E-state index in [1.807, 2.05) is 18.2 Å². The molecule has 0 heterocycles. The Hall–Kier alpha value is -0.890. The first-order valence-electron chi connectivity index (χ1n) is 5.37. The molecule has 0 radical (unpaired) electrons.